The molecule has 2 N–H and O–H groups in total. The number of hydrogen-bond donors (Lipinski definition) is 2. The number of fused-ring (bicyclic) bond motifs is 2. The molecule has 190 valence electrons. The van der Waals surface area contributed by atoms with Crippen molar-refractivity contribution in [2.24, 2.45) is 0 Å². The number of piperazine rings is 1. The standard InChI is InChI=1S/C28H28F2N6O/c1-17(2)35-10-12-36(13-11-35)27-21(29)15-23-26(24(27)30)32-28(31-23)25-20-9-8-19(14-22(20)33-34-25)37-16-18-6-4-3-5-7-18/h3-9,14-15,17H,10-13,16H2,1-2H3,(H,31,32)(H,33,34). The van der Waals surface area contributed by atoms with Gasteiger partial charge in [0.15, 0.2) is 17.5 Å². The molecule has 1 fully saturated rings. The largest absolute Gasteiger partial charge is 0.489 e. The van der Waals surface area contributed by atoms with Crippen LogP contribution >= 0.6 is 0 Å². The Labute approximate surface area is 213 Å². The van der Waals surface area contributed by atoms with Crippen LogP contribution in [0.4, 0.5) is 14.5 Å². The number of ether oxygens (including phenoxy) is 1. The Morgan fingerprint density at radius 2 is 1.76 bits per heavy atom. The van der Waals surface area contributed by atoms with Crippen LogP contribution in [0, 0.1) is 11.6 Å². The van der Waals surface area contributed by atoms with E-state index in [0.29, 0.717) is 48.5 Å². The van der Waals surface area contributed by atoms with Crippen LogP contribution in [-0.4, -0.2) is 57.3 Å². The fourth-order valence-corrected chi connectivity index (χ4v) is 4.94. The number of benzene rings is 3. The smallest absolute Gasteiger partial charge is 0.177 e. The summed E-state index contributed by atoms with van der Waals surface area (Å²) in [5.41, 5.74) is 2.76. The van der Waals surface area contributed by atoms with Crippen LogP contribution in [0.2, 0.25) is 0 Å². The van der Waals surface area contributed by atoms with E-state index in [1.54, 1.807) is 4.90 Å². The van der Waals surface area contributed by atoms with Gasteiger partial charge in [0.2, 0.25) is 0 Å². The highest BCUT2D eigenvalue weighted by Gasteiger charge is 2.26. The van der Waals surface area contributed by atoms with Crippen molar-refractivity contribution < 1.29 is 13.5 Å². The Hall–Kier alpha value is -3.98. The topological polar surface area (TPSA) is 73.1 Å². The Kier molecular flexibility index (Phi) is 6.00. The fourth-order valence-electron chi connectivity index (χ4n) is 4.94. The van der Waals surface area contributed by atoms with Gasteiger partial charge in [-0.1, -0.05) is 30.3 Å². The summed E-state index contributed by atoms with van der Waals surface area (Å²) in [5, 5.41) is 8.21. The molecule has 5 aromatic rings. The van der Waals surface area contributed by atoms with E-state index in [-0.39, 0.29) is 11.2 Å². The van der Waals surface area contributed by atoms with Gasteiger partial charge in [0.05, 0.1) is 11.0 Å². The van der Waals surface area contributed by atoms with Crippen LogP contribution in [0.25, 0.3) is 33.5 Å². The number of anilines is 1. The predicted molar refractivity (Wildman–Crippen MR) is 141 cm³/mol. The summed E-state index contributed by atoms with van der Waals surface area (Å²) >= 11 is 0. The summed E-state index contributed by atoms with van der Waals surface area (Å²) in [6.07, 6.45) is 0. The highest BCUT2D eigenvalue weighted by molar-refractivity contribution is 5.94. The third kappa shape index (κ3) is 4.40. The maximum atomic E-state index is 15.6. The lowest BCUT2D eigenvalue weighted by molar-refractivity contribution is 0.208. The second-order valence-corrected chi connectivity index (χ2v) is 9.67. The molecule has 3 heterocycles. The van der Waals surface area contributed by atoms with Gasteiger partial charge in [-0.3, -0.25) is 10.00 Å². The van der Waals surface area contributed by atoms with Crippen molar-refractivity contribution in [1.29, 1.82) is 0 Å². The third-order valence-electron chi connectivity index (χ3n) is 7.01. The predicted octanol–water partition coefficient (Wildman–Crippen LogP) is 5.49. The van der Waals surface area contributed by atoms with Crippen LogP contribution in [0.1, 0.15) is 19.4 Å². The van der Waals surface area contributed by atoms with Crippen LogP contribution < -0.4 is 9.64 Å². The first-order valence-corrected chi connectivity index (χ1v) is 12.5. The third-order valence-corrected chi connectivity index (χ3v) is 7.01. The number of imidazole rings is 1. The molecule has 2 aromatic heterocycles. The minimum Gasteiger partial charge on any atom is -0.489 e. The number of nitrogens with one attached hydrogen (secondary N) is 2. The highest BCUT2D eigenvalue weighted by atomic mass is 19.1. The SMILES string of the molecule is CC(C)N1CCN(c2c(F)cc3[nH]c(-c4n[nH]c5cc(OCc6ccccc6)ccc45)nc3c2F)CC1. The number of nitrogens with zero attached hydrogens (tertiary/aromatic N) is 4. The molecule has 1 saturated heterocycles. The van der Waals surface area contributed by atoms with Crippen LogP contribution in [-0.2, 0) is 6.61 Å². The van der Waals surface area contributed by atoms with E-state index in [0.717, 1.165) is 29.6 Å². The molecule has 0 atom stereocenters. The molecule has 7 nitrogen and oxygen atoms in total. The number of hydrogen-bond acceptors (Lipinski definition) is 5. The molecule has 0 bridgehead atoms. The molecule has 6 rings (SSSR count). The fraction of sp³-hybridized carbons (Fsp3) is 0.286. The number of aromatic amines is 2. The minimum absolute atomic E-state index is 0.0129. The van der Waals surface area contributed by atoms with Gasteiger partial charge in [-0.2, -0.15) is 5.10 Å². The van der Waals surface area contributed by atoms with E-state index in [4.69, 9.17) is 4.74 Å². The maximum absolute atomic E-state index is 15.6. The van der Waals surface area contributed by atoms with Gasteiger partial charge in [-0.15, -0.1) is 0 Å². The molecule has 1 aliphatic rings. The minimum atomic E-state index is -0.646. The van der Waals surface area contributed by atoms with Crippen molar-refractivity contribution in [3.05, 3.63) is 71.8 Å². The summed E-state index contributed by atoms with van der Waals surface area (Å²) in [5.74, 6) is -0.164. The van der Waals surface area contributed by atoms with Crippen molar-refractivity contribution >= 4 is 27.6 Å². The van der Waals surface area contributed by atoms with E-state index >= 15 is 8.78 Å². The Morgan fingerprint density at radius 1 is 0.973 bits per heavy atom. The van der Waals surface area contributed by atoms with Gasteiger partial charge >= 0.3 is 0 Å². The molecule has 0 aliphatic carbocycles. The molecule has 0 saturated carbocycles. The lowest BCUT2D eigenvalue weighted by atomic mass is 10.2. The van der Waals surface area contributed by atoms with Gasteiger partial charge in [0, 0.05) is 49.7 Å². The maximum Gasteiger partial charge on any atom is 0.177 e. The molecule has 0 unspecified atom stereocenters. The molecule has 0 spiro atoms. The lowest BCUT2D eigenvalue weighted by Gasteiger charge is -2.38. The van der Waals surface area contributed by atoms with Gasteiger partial charge in [0.1, 0.15) is 29.3 Å². The monoisotopic (exact) mass is 502 g/mol. The summed E-state index contributed by atoms with van der Waals surface area (Å²) in [7, 11) is 0. The zero-order chi connectivity index (χ0) is 25.5. The molecule has 1 aliphatic heterocycles. The first-order chi connectivity index (χ1) is 18.0. The average Bonchev–Trinajstić information content (AvgIpc) is 3.52. The van der Waals surface area contributed by atoms with Crippen molar-refractivity contribution in [1.82, 2.24) is 25.1 Å². The summed E-state index contributed by atoms with van der Waals surface area (Å²) in [6, 6.07) is 17.3. The molecule has 37 heavy (non-hydrogen) atoms. The zero-order valence-corrected chi connectivity index (χ0v) is 20.8. The average molecular weight is 503 g/mol. The second kappa shape index (κ2) is 9.48. The van der Waals surface area contributed by atoms with Crippen LogP contribution in [0.5, 0.6) is 5.75 Å². The van der Waals surface area contributed by atoms with E-state index in [2.05, 4.69) is 38.9 Å². The van der Waals surface area contributed by atoms with Gasteiger partial charge in [-0.05, 0) is 31.5 Å². The van der Waals surface area contributed by atoms with Crippen LogP contribution in [0.15, 0.2) is 54.6 Å². The Balaban J connectivity index is 1.28. The number of halogens is 2. The molecule has 9 heteroatoms. The second-order valence-electron chi connectivity index (χ2n) is 9.67. The first-order valence-electron chi connectivity index (χ1n) is 12.5. The first kappa shape index (κ1) is 23.4. The van der Waals surface area contributed by atoms with Crippen molar-refractivity contribution in [3.8, 4) is 17.3 Å². The summed E-state index contributed by atoms with van der Waals surface area (Å²) < 4.78 is 36.6. The zero-order valence-electron chi connectivity index (χ0n) is 20.8. The Bertz CT molecular complexity index is 1550. The molecular weight excluding hydrogens is 474 g/mol. The summed E-state index contributed by atoms with van der Waals surface area (Å²) in [4.78, 5) is 11.6. The summed E-state index contributed by atoms with van der Waals surface area (Å²) in [6.45, 7) is 7.36. The van der Waals surface area contributed by atoms with Crippen molar-refractivity contribution in [3.63, 3.8) is 0 Å². The van der Waals surface area contributed by atoms with Crippen molar-refractivity contribution in [2.45, 2.75) is 26.5 Å². The normalized spacial score (nSPS) is 14.8. The van der Waals surface area contributed by atoms with E-state index < -0.39 is 11.6 Å². The highest BCUT2D eigenvalue weighted by Crippen LogP contribution is 2.34. The van der Waals surface area contributed by atoms with E-state index in [1.165, 1.54) is 6.07 Å². The van der Waals surface area contributed by atoms with E-state index in [1.807, 2.05) is 48.5 Å². The number of aromatic nitrogens is 4. The number of rotatable bonds is 6. The van der Waals surface area contributed by atoms with Gasteiger partial charge in [-0.25, -0.2) is 13.8 Å². The quantitative estimate of drug-likeness (QED) is 0.321. The van der Waals surface area contributed by atoms with Crippen molar-refractivity contribution in [2.75, 3.05) is 31.1 Å². The Morgan fingerprint density at radius 3 is 2.51 bits per heavy atom. The van der Waals surface area contributed by atoms with Gasteiger partial charge in [0.25, 0.3) is 0 Å². The van der Waals surface area contributed by atoms with Gasteiger partial charge < -0.3 is 14.6 Å². The molecule has 3 aromatic carbocycles. The number of H-pyrrole nitrogens is 2. The molecule has 0 amide bonds. The van der Waals surface area contributed by atoms with Crippen LogP contribution in [0.3, 0.4) is 0 Å². The lowest BCUT2D eigenvalue weighted by Crippen LogP contribution is -2.49. The molecular formula is C28H28F2N6O. The van der Waals surface area contributed by atoms with E-state index in [9.17, 15) is 0 Å². The molecule has 0 radical (unpaired) electrons.